The van der Waals surface area contributed by atoms with Crippen molar-refractivity contribution in [2.75, 3.05) is 32.8 Å². The van der Waals surface area contributed by atoms with Crippen LogP contribution < -0.4 is 4.90 Å². The van der Waals surface area contributed by atoms with Gasteiger partial charge in [0.2, 0.25) is 0 Å². The number of morpholine rings is 1. The van der Waals surface area contributed by atoms with Crippen molar-refractivity contribution in [2.45, 2.75) is 6.54 Å². The van der Waals surface area contributed by atoms with E-state index >= 15 is 0 Å². The lowest BCUT2D eigenvalue weighted by Gasteiger charge is -2.23. The van der Waals surface area contributed by atoms with Crippen LogP contribution in [-0.4, -0.2) is 47.6 Å². The van der Waals surface area contributed by atoms with Crippen LogP contribution in [0.2, 0.25) is 0 Å². The van der Waals surface area contributed by atoms with Gasteiger partial charge in [0.05, 0.1) is 31.2 Å². The van der Waals surface area contributed by atoms with E-state index in [-0.39, 0.29) is 5.69 Å². The van der Waals surface area contributed by atoms with Crippen LogP contribution in [0.1, 0.15) is 0 Å². The highest BCUT2D eigenvalue weighted by atomic mass is 16.6. The summed E-state index contributed by atoms with van der Waals surface area (Å²) in [5.74, 6) is 0. The van der Waals surface area contributed by atoms with Gasteiger partial charge < -0.3 is 9.64 Å². The lowest BCUT2D eigenvalue weighted by Crippen LogP contribution is -3.14. The summed E-state index contributed by atoms with van der Waals surface area (Å²) in [6, 6.07) is 0. The normalized spacial score (nSPS) is 17.5. The molecule has 0 atom stereocenters. The lowest BCUT2D eigenvalue weighted by molar-refractivity contribution is -0.908. The predicted octanol–water partition coefficient (Wildman–Crippen LogP) is -1.29. The van der Waals surface area contributed by atoms with Gasteiger partial charge in [-0.05, 0) is 0 Å². The summed E-state index contributed by atoms with van der Waals surface area (Å²) in [7, 11) is 0. The molecule has 1 saturated heterocycles. The van der Waals surface area contributed by atoms with Crippen molar-refractivity contribution in [3.63, 3.8) is 0 Å². The molecule has 2 heterocycles. The maximum absolute atomic E-state index is 10.5. The summed E-state index contributed by atoms with van der Waals surface area (Å²) in [6.45, 7) is 5.25. The number of rotatable bonds is 4. The molecule has 88 valence electrons. The largest absolute Gasteiger partial charge is 0.370 e. The first-order valence-electron chi connectivity index (χ1n) is 5.34. The second-order valence-corrected chi connectivity index (χ2v) is 3.83. The molecule has 0 aliphatic carbocycles. The number of nitrogens with one attached hydrogen (secondary N) is 1. The van der Waals surface area contributed by atoms with Crippen LogP contribution in [0.4, 0.5) is 5.69 Å². The molecule has 0 spiro atoms. The van der Waals surface area contributed by atoms with E-state index in [9.17, 15) is 10.1 Å². The van der Waals surface area contributed by atoms with Gasteiger partial charge in [0.15, 0.2) is 0 Å². The molecule has 0 bridgehead atoms. The van der Waals surface area contributed by atoms with E-state index in [1.54, 1.807) is 4.68 Å². The third-order valence-electron chi connectivity index (χ3n) is 2.72. The molecular weight excluding hydrogens is 212 g/mol. The molecule has 7 heteroatoms. The van der Waals surface area contributed by atoms with E-state index in [2.05, 4.69) is 5.10 Å². The standard InChI is InChI=1S/C9H14N4O3/c14-13(15)9-7-10-12(8-9)2-1-11-3-5-16-6-4-11/h7-8H,1-6H2/p+1. The molecule has 1 aliphatic rings. The first-order chi connectivity index (χ1) is 7.75. The highest BCUT2D eigenvalue weighted by Crippen LogP contribution is 2.06. The Morgan fingerprint density at radius 2 is 2.31 bits per heavy atom. The Kier molecular flexibility index (Phi) is 3.47. The fraction of sp³-hybridized carbons (Fsp3) is 0.667. The quantitative estimate of drug-likeness (QED) is 0.513. The summed E-state index contributed by atoms with van der Waals surface area (Å²) in [5, 5.41) is 14.4. The van der Waals surface area contributed by atoms with Crippen LogP contribution in [0.3, 0.4) is 0 Å². The van der Waals surface area contributed by atoms with E-state index in [4.69, 9.17) is 4.74 Å². The van der Waals surface area contributed by atoms with Gasteiger partial charge in [0.1, 0.15) is 25.5 Å². The van der Waals surface area contributed by atoms with Crippen molar-refractivity contribution >= 4 is 5.69 Å². The molecule has 0 unspecified atom stereocenters. The van der Waals surface area contributed by atoms with Crippen molar-refractivity contribution in [3.8, 4) is 0 Å². The SMILES string of the molecule is O=[N+]([O-])c1cnn(CC[NH+]2CCOCC2)c1. The fourth-order valence-electron chi connectivity index (χ4n) is 1.75. The Morgan fingerprint density at radius 3 is 2.94 bits per heavy atom. The second kappa shape index (κ2) is 5.04. The minimum absolute atomic E-state index is 0.0528. The minimum Gasteiger partial charge on any atom is -0.370 e. The van der Waals surface area contributed by atoms with E-state index in [1.807, 2.05) is 0 Å². The van der Waals surface area contributed by atoms with Gasteiger partial charge in [-0.15, -0.1) is 0 Å². The van der Waals surface area contributed by atoms with Gasteiger partial charge in [-0.1, -0.05) is 0 Å². The molecule has 1 N–H and O–H groups in total. The highest BCUT2D eigenvalue weighted by molar-refractivity contribution is 5.20. The summed E-state index contributed by atoms with van der Waals surface area (Å²) >= 11 is 0. The number of hydrogen-bond donors (Lipinski definition) is 1. The minimum atomic E-state index is -0.426. The average Bonchev–Trinajstić information content (AvgIpc) is 2.76. The zero-order valence-electron chi connectivity index (χ0n) is 8.96. The van der Waals surface area contributed by atoms with Crippen LogP contribution in [0, 0.1) is 10.1 Å². The summed E-state index contributed by atoms with van der Waals surface area (Å²) in [4.78, 5) is 11.5. The zero-order chi connectivity index (χ0) is 11.4. The third kappa shape index (κ3) is 2.77. The monoisotopic (exact) mass is 227 g/mol. The average molecular weight is 227 g/mol. The molecule has 1 aliphatic heterocycles. The number of nitrogens with zero attached hydrogens (tertiary/aromatic N) is 3. The molecule has 7 nitrogen and oxygen atoms in total. The Balaban J connectivity index is 1.81. The molecule has 2 rings (SSSR count). The molecule has 1 aromatic rings. The van der Waals surface area contributed by atoms with Gasteiger partial charge >= 0.3 is 5.69 Å². The van der Waals surface area contributed by atoms with Crippen molar-refractivity contribution in [1.29, 1.82) is 0 Å². The highest BCUT2D eigenvalue weighted by Gasteiger charge is 2.14. The summed E-state index contributed by atoms with van der Waals surface area (Å²) in [5.41, 5.74) is 0.0528. The van der Waals surface area contributed by atoms with E-state index in [0.717, 1.165) is 32.8 Å². The molecular formula is C9H15N4O3+. The Bertz CT molecular complexity index is 359. The maximum Gasteiger partial charge on any atom is 0.307 e. The molecule has 0 amide bonds. The van der Waals surface area contributed by atoms with Crippen LogP contribution in [-0.2, 0) is 11.3 Å². The first-order valence-corrected chi connectivity index (χ1v) is 5.34. The van der Waals surface area contributed by atoms with Crippen LogP contribution in [0.15, 0.2) is 12.4 Å². The Labute approximate surface area is 92.7 Å². The number of hydrogen-bond acceptors (Lipinski definition) is 4. The zero-order valence-corrected chi connectivity index (χ0v) is 8.96. The maximum atomic E-state index is 10.5. The summed E-state index contributed by atoms with van der Waals surface area (Å²) in [6.07, 6.45) is 2.76. The molecule has 1 fully saturated rings. The fourth-order valence-corrected chi connectivity index (χ4v) is 1.75. The number of ether oxygens (including phenoxy) is 1. The Hall–Kier alpha value is -1.47. The van der Waals surface area contributed by atoms with E-state index in [0.29, 0.717) is 6.54 Å². The van der Waals surface area contributed by atoms with Crippen molar-refractivity contribution in [3.05, 3.63) is 22.5 Å². The molecule has 0 radical (unpaired) electrons. The van der Waals surface area contributed by atoms with E-state index in [1.165, 1.54) is 17.3 Å². The van der Waals surface area contributed by atoms with E-state index < -0.39 is 4.92 Å². The van der Waals surface area contributed by atoms with Gasteiger partial charge in [-0.3, -0.25) is 14.8 Å². The molecule has 16 heavy (non-hydrogen) atoms. The first kappa shape index (κ1) is 11.0. The van der Waals surface area contributed by atoms with Gasteiger partial charge in [0, 0.05) is 0 Å². The van der Waals surface area contributed by atoms with Crippen LogP contribution >= 0.6 is 0 Å². The van der Waals surface area contributed by atoms with Crippen LogP contribution in [0.5, 0.6) is 0 Å². The predicted molar refractivity (Wildman–Crippen MR) is 55.3 cm³/mol. The third-order valence-corrected chi connectivity index (χ3v) is 2.72. The van der Waals surface area contributed by atoms with Gasteiger partial charge in [-0.2, -0.15) is 5.10 Å². The van der Waals surface area contributed by atoms with Crippen molar-refractivity contribution in [1.82, 2.24) is 9.78 Å². The smallest absolute Gasteiger partial charge is 0.307 e. The topological polar surface area (TPSA) is 74.6 Å². The molecule has 1 aromatic heterocycles. The number of quaternary nitrogens is 1. The van der Waals surface area contributed by atoms with Crippen molar-refractivity contribution in [2.24, 2.45) is 0 Å². The molecule has 0 saturated carbocycles. The molecule has 0 aromatic carbocycles. The second-order valence-electron chi connectivity index (χ2n) is 3.83. The Morgan fingerprint density at radius 1 is 1.56 bits per heavy atom. The van der Waals surface area contributed by atoms with Gasteiger partial charge in [-0.25, -0.2) is 0 Å². The number of nitro groups is 1. The van der Waals surface area contributed by atoms with Crippen LogP contribution in [0.25, 0.3) is 0 Å². The lowest BCUT2D eigenvalue weighted by atomic mass is 10.4. The summed E-state index contributed by atoms with van der Waals surface area (Å²) < 4.78 is 6.88. The van der Waals surface area contributed by atoms with Gasteiger partial charge in [0.25, 0.3) is 0 Å². The van der Waals surface area contributed by atoms with Crippen molar-refractivity contribution < 1.29 is 14.6 Å². The number of aromatic nitrogens is 2.